The summed E-state index contributed by atoms with van der Waals surface area (Å²) in [6, 6.07) is 0.712. The molecule has 2 bridgehead atoms. The van der Waals surface area contributed by atoms with E-state index in [2.05, 4.69) is 20.3 Å². The van der Waals surface area contributed by atoms with Crippen molar-refractivity contribution >= 4 is 23.3 Å². The van der Waals surface area contributed by atoms with Crippen molar-refractivity contribution in [3.05, 3.63) is 41.5 Å². The standard InChI is InChI=1S/C21H24F2N6O2/c1-31-21(30)16-11-4-2-3-10(5-11)6-15(16)28-19-14(23)9-27-20(29-19)17(24)13-7-12(22)8-26-18(13)25/h7-11,15-16,24H,2-6H2,1H3,(H2,25,26)(H,27,28,29). The van der Waals surface area contributed by atoms with Crippen LogP contribution in [0.15, 0.2) is 18.5 Å². The minimum atomic E-state index is -0.707. The molecule has 164 valence electrons. The van der Waals surface area contributed by atoms with Gasteiger partial charge in [-0.05, 0) is 37.2 Å². The number of ether oxygens (including phenoxy) is 1. The van der Waals surface area contributed by atoms with Crippen molar-refractivity contribution in [1.82, 2.24) is 15.0 Å². The van der Waals surface area contributed by atoms with Crippen molar-refractivity contribution in [2.24, 2.45) is 17.8 Å². The Morgan fingerprint density at radius 3 is 2.84 bits per heavy atom. The summed E-state index contributed by atoms with van der Waals surface area (Å²) in [4.78, 5) is 24.2. The summed E-state index contributed by atoms with van der Waals surface area (Å²) in [5.41, 5.74) is 5.48. The van der Waals surface area contributed by atoms with Crippen LogP contribution in [0, 0.1) is 34.8 Å². The van der Waals surface area contributed by atoms with Gasteiger partial charge in [0.05, 0.1) is 25.4 Å². The number of hydrogen-bond donors (Lipinski definition) is 3. The number of nitrogens with zero attached hydrogens (tertiary/aromatic N) is 3. The van der Waals surface area contributed by atoms with Gasteiger partial charge in [0.2, 0.25) is 0 Å². The molecule has 0 amide bonds. The Bertz CT molecular complexity index is 1020. The Hall–Kier alpha value is -3.17. The Labute approximate surface area is 178 Å². The predicted molar refractivity (Wildman–Crippen MR) is 110 cm³/mol. The third-order valence-corrected chi connectivity index (χ3v) is 6.27. The lowest BCUT2D eigenvalue weighted by molar-refractivity contribution is -0.150. The molecule has 0 aliphatic heterocycles. The molecule has 2 saturated carbocycles. The number of nitrogens with two attached hydrogens (primary N) is 1. The molecule has 0 spiro atoms. The second kappa shape index (κ2) is 8.52. The molecule has 4 rings (SSSR count). The third kappa shape index (κ3) is 4.19. The van der Waals surface area contributed by atoms with E-state index in [1.54, 1.807) is 0 Å². The molecule has 10 heteroatoms. The van der Waals surface area contributed by atoms with Crippen molar-refractivity contribution in [3.8, 4) is 0 Å². The lowest BCUT2D eigenvalue weighted by Crippen LogP contribution is -2.47. The van der Waals surface area contributed by atoms with Crippen LogP contribution in [0.5, 0.6) is 0 Å². The number of carbonyl (C=O) groups is 1. The largest absolute Gasteiger partial charge is 0.469 e. The Balaban J connectivity index is 1.63. The highest BCUT2D eigenvalue weighted by Gasteiger charge is 2.44. The van der Waals surface area contributed by atoms with Crippen LogP contribution < -0.4 is 11.1 Å². The monoisotopic (exact) mass is 430 g/mol. The normalized spacial score (nSPS) is 25.0. The van der Waals surface area contributed by atoms with Gasteiger partial charge in [0.1, 0.15) is 17.3 Å². The zero-order chi connectivity index (χ0) is 22.1. The second-order valence-electron chi connectivity index (χ2n) is 8.18. The van der Waals surface area contributed by atoms with Crippen LogP contribution in [-0.2, 0) is 9.53 Å². The van der Waals surface area contributed by atoms with Gasteiger partial charge in [-0.15, -0.1) is 0 Å². The van der Waals surface area contributed by atoms with Gasteiger partial charge in [-0.25, -0.2) is 23.7 Å². The minimum absolute atomic E-state index is 0.0113. The summed E-state index contributed by atoms with van der Waals surface area (Å²) in [6.07, 6.45) is 6.64. The van der Waals surface area contributed by atoms with E-state index in [0.29, 0.717) is 12.3 Å². The number of carbonyl (C=O) groups excluding carboxylic acids is 1. The van der Waals surface area contributed by atoms with Crippen molar-refractivity contribution in [3.63, 3.8) is 0 Å². The molecule has 4 atom stereocenters. The van der Waals surface area contributed by atoms with E-state index in [9.17, 15) is 13.6 Å². The molecule has 2 heterocycles. The van der Waals surface area contributed by atoms with Crippen molar-refractivity contribution in [2.75, 3.05) is 18.2 Å². The summed E-state index contributed by atoms with van der Waals surface area (Å²) >= 11 is 0. The predicted octanol–water partition coefficient (Wildman–Crippen LogP) is 2.93. The summed E-state index contributed by atoms with van der Waals surface area (Å²) in [6.45, 7) is 0. The number of anilines is 2. The average molecular weight is 430 g/mol. The maximum absolute atomic E-state index is 14.6. The highest BCUT2D eigenvalue weighted by Crippen LogP contribution is 2.44. The van der Waals surface area contributed by atoms with Gasteiger partial charge in [0, 0.05) is 11.6 Å². The van der Waals surface area contributed by atoms with Crippen LogP contribution in [0.3, 0.4) is 0 Å². The van der Waals surface area contributed by atoms with E-state index in [-0.39, 0.29) is 46.7 Å². The molecule has 2 aromatic heterocycles. The van der Waals surface area contributed by atoms with Gasteiger partial charge in [0.15, 0.2) is 17.5 Å². The molecule has 31 heavy (non-hydrogen) atoms. The SMILES string of the molecule is COC(=O)C1C2CCCC(C2)CC1Nc1nc(C(=N)c2cc(F)cnc2N)ncc1F. The molecular weight excluding hydrogens is 406 g/mol. The zero-order valence-corrected chi connectivity index (χ0v) is 17.1. The van der Waals surface area contributed by atoms with Crippen LogP contribution >= 0.6 is 0 Å². The Morgan fingerprint density at radius 2 is 2.06 bits per heavy atom. The maximum Gasteiger partial charge on any atom is 0.311 e. The third-order valence-electron chi connectivity index (χ3n) is 6.27. The van der Waals surface area contributed by atoms with E-state index in [0.717, 1.165) is 44.1 Å². The topological polar surface area (TPSA) is 127 Å². The van der Waals surface area contributed by atoms with Crippen LogP contribution in [0.25, 0.3) is 0 Å². The number of nitrogen functional groups attached to an aromatic ring is 1. The first-order chi connectivity index (χ1) is 14.9. The van der Waals surface area contributed by atoms with Gasteiger partial charge >= 0.3 is 5.97 Å². The van der Waals surface area contributed by atoms with Crippen LogP contribution in [-0.4, -0.2) is 39.8 Å². The number of aromatic nitrogens is 3. The summed E-state index contributed by atoms with van der Waals surface area (Å²) in [5, 5.41) is 11.4. The lowest BCUT2D eigenvalue weighted by Gasteiger charge is -2.44. The highest BCUT2D eigenvalue weighted by atomic mass is 19.1. The molecule has 4 unspecified atom stereocenters. The number of nitrogens with one attached hydrogen (secondary N) is 2. The van der Waals surface area contributed by atoms with Crippen LogP contribution in [0.4, 0.5) is 20.4 Å². The Morgan fingerprint density at radius 1 is 1.26 bits per heavy atom. The molecular formula is C21H24F2N6O2. The van der Waals surface area contributed by atoms with Gasteiger partial charge < -0.3 is 15.8 Å². The minimum Gasteiger partial charge on any atom is -0.469 e. The quantitative estimate of drug-likeness (QED) is 0.492. The fraction of sp³-hybridized carbons (Fsp3) is 0.476. The molecule has 0 saturated heterocycles. The van der Waals surface area contributed by atoms with Crippen LogP contribution in [0.2, 0.25) is 0 Å². The van der Waals surface area contributed by atoms with Crippen molar-refractivity contribution in [1.29, 1.82) is 5.41 Å². The zero-order valence-electron chi connectivity index (χ0n) is 17.1. The number of hydrogen-bond acceptors (Lipinski definition) is 8. The molecule has 2 aromatic rings. The second-order valence-corrected chi connectivity index (χ2v) is 8.18. The number of rotatable bonds is 5. The fourth-order valence-electron chi connectivity index (χ4n) is 4.88. The fourth-order valence-corrected chi connectivity index (χ4v) is 4.88. The molecule has 2 aliphatic carbocycles. The first-order valence-corrected chi connectivity index (χ1v) is 10.2. The number of pyridine rings is 1. The molecule has 0 aromatic carbocycles. The van der Waals surface area contributed by atoms with Gasteiger partial charge in [-0.1, -0.05) is 12.8 Å². The summed E-state index contributed by atoms with van der Waals surface area (Å²) in [7, 11) is 1.36. The molecule has 2 fully saturated rings. The van der Waals surface area contributed by atoms with E-state index in [1.807, 2.05) is 0 Å². The van der Waals surface area contributed by atoms with Gasteiger partial charge in [-0.2, -0.15) is 0 Å². The number of methoxy groups -OCH3 is 1. The summed E-state index contributed by atoms with van der Waals surface area (Å²) in [5.74, 6) is -1.75. The maximum atomic E-state index is 14.6. The van der Waals surface area contributed by atoms with Crippen molar-refractivity contribution in [2.45, 2.75) is 38.1 Å². The molecule has 4 N–H and O–H groups in total. The highest BCUT2D eigenvalue weighted by molar-refractivity contribution is 6.11. The summed E-state index contributed by atoms with van der Waals surface area (Å²) < 4.78 is 33.2. The first kappa shape index (κ1) is 21.1. The van der Waals surface area contributed by atoms with Gasteiger partial charge in [0.25, 0.3) is 0 Å². The first-order valence-electron chi connectivity index (χ1n) is 10.2. The molecule has 2 aliphatic rings. The van der Waals surface area contributed by atoms with E-state index >= 15 is 0 Å². The number of halogens is 2. The lowest BCUT2D eigenvalue weighted by atomic mass is 9.64. The van der Waals surface area contributed by atoms with E-state index in [1.165, 1.54) is 7.11 Å². The molecule has 0 radical (unpaired) electrons. The van der Waals surface area contributed by atoms with Crippen LogP contribution in [0.1, 0.15) is 43.5 Å². The van der Waals surface area contributed by atoms with Crippen molar-refractivity contribution < 1.29 is 18.3 Å². The number of fused-ring (bicyclic) bond motifs is 2. The molecule has 8 nitrogen and oxygen atoms in total. The smallest absolute Gasteiger partial charge is 0.311 e. The van der Waals surface area contributed by atoms with E-state index < -0.39 is 17.6 Å². The van der Waals surface area contributed by atoms with E-state index in [4.69, 9.17) is 15.9 Å². The number of esters is 1. The Kier molecular flexibility index (Phi) is 5.79. The average Bonchev–Trinajstić information content (AvgIpc) is 2.76. The van der Waals surface area contributed by atoms with Gasteiger partial charge in [-0.3, -0.25) is 10.2 Å².